The van der Waals surface area contributed by atoms with Crippen molar-refractivity contribution in [3.63, 3.8) is 0 Å². The fourth-order valence-electron chi connectivity index (χ4n) is 3.09. The van der Waals surface area contributed by atoms with Gasteiger partial charge in [0.25, 0.3) is 0 Å². The van der Waals surface area contributed by atoms with Gasteiger partial charge in [-0.2, -0.15) is 0 Å². The van der Waals surface area contributed by atoms with Gasteiger partial charge in [0.1, 0.15) is 0 Å². The van der Waals surface area contributed by atoms with Crippen molar-refractivity contribution in [2.75, 3.05) is 0 Å². The number of allylic oxidation sites excluding steroid dienone is 2. The summed E-state index contributed by atoms with van der Waals surface area (Å²) in [4.78, 5) is 11.9. The Morgan fingerprint density at radius 2 is 2.12 bits per heavy atom. The Labute approximate surface area is 97.7 Å². The molecule has 0 aliphatic heterocycles. The topological polar surface area (TPSA) is 37.3 Å². The Bertz CT molecular complexity index is 302. The van der Waals surface area contributed by atoms with E-state index in [0.29, 0.717) is 11.7 Å². The number of carbonyl (C=O) groups excluding carboxylic acids is 1. The van der Waals surface area contributed by atoms with Crippen LogP contribution in [0.3, 0.4) is 0 Å². The van der Waals surface area contributed by atoms with Gasteiger partial charge in [-0.05, 0) is 56.9 Å². The molecule has 1 N–H and O–H groups in total. The molecule has 1 fully saturated rings. The number of ketones is 1. The van der Waals surface area contributed by atoms with Crippen LogP contribution in [-0.4, -0.2) is 17.0 Å². The van der Waals surface area contributed by atoms with E-state index in [1.165, 1.54) is 24.8 Å². The minimum absolute atomic E-state index is 0.287. The van der Waals surface area contributed by atoms with Gasteiger partial charge >= 0.3 is 0 Å². The normalized spacial score (nSPS) is 27.9. The molecule has 0 heterocycles. The average molecular weight is 222 g/mol. The maximum Gasteiger partial charge on any atom is 0.158 e. The van der Waals surface area contributed by atoms with Crippen LogP contribution in [0.4, 0.5) is 0 Å². The van der Waals surface area contributed by atoms with Crippen LogP contribution >= 0.6 is 0 Å². The van der Waals surface area contributed by atoms with Gasteiger partial charge in [-0.25, -0.2) is 0 Å². The first-order valence-electron chi connectivity index (χ1n) is 6.61. The van der Waals surface area contributed by atoms with E-state index < -0.39 is 0 Å². The highest BCUT2D eigenvalue weighted by Crippen LogP contribution is 2.40. The molecule has 2 aliphatic carbocycles. The molecular formula is C14H22O2. The minimum atomic E-state index is -0.287. The summed E-state index contributed by atoms with van der Waals surface area (Å²) in [5, 5.41) is 9.33. The molecule has 0 saturated heterocycles. The molecule has 0 bridgehead atoms. The monoisotopic (exact) mass is 222 g/mol. The van der Waals surface area contributed by atoms with Crippen LogP contribution in [0.1, 0.15) is 58.3 Å². The van der Waals surface area contributed by atoms with E-state index in [2.05, 4.69) is 0 Å². The maximum atomic E-state index is 11.9. The zero-order chi connectivity index (χ0) is 11.5. The van der Waals surface area contributed by atoms with Crippen LogP contribution in [0.2, 0.25) is 0 Å². The Kier molecular flexibility index (Phi) is 3.80. The summed E-state index contributed by atoms with van der Waals surface area (Å²) in [6.45, 7) is 1.80. The lowest BCUT2D eigenvalue weighted by Gasteiger charge is -2.32. The van der Waals surface area contributed by atoms with Gasteiger partial charge in [0.05, 0.1) is 6.10 Å². The lowest BCUT2D eigenvalue weighted by molar-refractivity contribution is -0.116. The Hall–Kier alpha value is -0.630. The van der Waals surface area contributed by atoms with Crippen LogP contribution in [0.5, 0.6) is 0 Å². The largest absolute Gasteiger partial charge is 0.393 e. The highest BCUT2D eigenvalue weighted by molar-refractivity contribution is 5.97. The van der Waals surface area contributed by atoms with E-state index in [4.69, 9.17) is 0 Å². The number of hydrogen-bond donors (Lipinski definition) is 1. The van der Waals surface area contributed by atoms with Crippen LogP contribution in [0.25, 0.3) is 0 Å². The van der Waals surface area contributed by atoms with Crippen molar-refractivity contribution in [2.24, 2.45) is 5.92 Å². The number of Topliss-reactive ketones (excluding diaryl/α,β-unsaturated/α-hetero) is 1. The van der Waals surface area contributed by atoms with Crippen molar-refractivity contribution in [3.8, 4) is 0 Å². The summed E-state index contributed by atoms with van der Waals surface area (Å²) in [7, 11) is 0. The molecule has 2 rings (SSSR count). The minimum Gasteiger partial charge on any atom is -0.393 e. The van der Waals surface area contributed by atoms with E-state index in [9.17, 15) is 9.90 Å². The standard InChI is InChI=1S/C14H22O2/c1-10(15)6-8-13-12-5-3-2-4-11(12)7-9-14(13)16/h10-11,15H,2-9H2,1H3. The predicted octanol–water partition coefficient (Wildman–Crippen LogP) is 3.00. The Morgan fingerprint density at radius 1 is 1.31 bits per heavy atom. The van der Waals surface area contributed by atoms with Crippen LogP contribution < -0.4 is 0 Å². The number of rotatable bonds is 3. The molecule has 0 aromatic rings. The van der Waals surface area contributed by atoms with Crippen molar-refractivity contribution in [2.45, 2.75) is 64.4 Å². The second-order valence-electron chi connectivity index (χ2n) is 5.30. The van der Waals surface area contributed by atoms with Crippen LogP contribution in [0.15, 0.2) is 11.1 Å². The molecule has 0 spiro atoms. The molecule has 2 nitrogen and oxygen atoms in total. The second-order valence-corrected chi connectivity index (χ2v) is 5.30. The lowest BCUT2D eigenvalue weighted by atomic mass is 9.73. The molecule has 0 aromatic heterocycles. The summed E-state index contributed by atoms with van der Waals surface area (Å²) >= 11 is 0. The Balaban J connectivity index is 2.14. The number of aliphatic hydroxyl groups is 1. The van der Waals surface area contributed by atoms with Gasteiger partial charge in [0.15, 0.2) is 5.78 Å². The first-order chi connectivity index (χ1) is 7.68. The van der Waals surface area contributed by atoms with Gasteiger partial charge in [0, 0.05) is 6.42 Å². The highest BCUT2D eigenvalue weighted by Gasteiger charge is 2.29. The smallest absolute Gasteiger partial charge is 0.158 e. The first-order valence-corrected chi connectivity index (χ1v) is 6.61. The van der Waals surface area contributed by atoms with Gasteiger partial charge < -0.3 is 5.11 Å². The van der Waals surface area contributed by atoms with Crippen LogP contribution in [0, 0.1) is 5.92 Å². The fourth-order valence-corrected chi connectivity index (χ4v) is 3.09. The third-order valence-corrected chi connectivity index (χ3v) is 4.00. The van der Waals surface area contributed by atoms with Crippen molar-refractivity contribution < 1.29 is 9.90 Å². The predicted molar refractivity (Wildman–Crippen MR) is 64.1 cm³/mol. The molecule has 0 radical (unpaired) electrons. The molecule has 1 saturated carbocycles. The fraction of sp³-hybridized carbons (Fsp3) is 0.786. The number of fused-ring (bicyclic) bond motifs is 1. The maximum absolute atomic E-state index is 11.9. The SMILES string of the molecule is CC(O)CCC1=C2CCCCC2CCC1=O. The van der Waals surface area contributed by atoms with E-state index in [1.807, 2.05) is 0 Å². The summed E-state index contributed by atoms with van der Waals surface area (Å²) in [6, 6.07) is 0. The molecule has 2 atom stereocenters. The highest BCUT2D eigenvalue weighted by atomic mass is 16.3. The van der Waals surface area contributed by atoms with Gasteiger partial charge in [-0.1, -0.05) is 12.0 Å². The second kappa shape index (κ2) is 5.13. The molecule has 2 unspecified atom stereocenters. The van der Waals surface area contributed by atoms with Crippen molar-refractivity contribution in [3.05, 3.63) is 11.1 Å². The van der Waals surface area contributed by atoms with Crippen molar-refractivity contribution in [1.29, 1.82) is 0 Å². The number of carbonyl (C=O) groups is 1. The third kappa shape index (κ3) is 2.54. The molecule has 2 heteroatoms. The summed E-state index contributed by atoms with van der Waals surface area (Å²) in [6.07, 6.45) is 8.04. The van der Waals surface area contributed by atoms with Crippen LogP contribution in [-0.2, 0) is 4.79 Å². The van der Waals surface area contributed by atoms with Gasteiger partial charge in [0.2, 0.25) is 0 Å². The third-order valence-electron chi connectivity index (χ3n) is 4.00. The molecule has 0 aromatic carbocycles. The summed E-state index contributed by atoms with van der Waals surface area (Å²) in [5.74, 6) is 1.05. The molecule has 90 valence electrons. The van der Waals surface area contributed by atoms with E-state index >= 15 is 0 Å². The molecular weight excluding hydrogens is 200 g/mol. The van der Waals surface area contributed by atoms with Gasteiger partial charge in [-0.3, -0.25) is 4.79 Å². The zero-order valence-corrected chi connectivity index (χ0v) is 10.2. The summed E-state index contributed by atoms with van der Waals surface area (Å²) in [5.41, 5.74) is 2.53. The van der Waals surface area contributed by atoms with Crippen molar-refractivity contribution >= 4 is 5.78 Å². The zero-order valence-electron chi connectivity index (χ0n) is 10.2. The quantitative estimate of drug-likeness (QED) is 0.797. The van der Waals surface area contributed by atoms with E-state index in [-0.39, 0.29) is 6.10 Å². The number of aliphatic hydroxyl groups excluding tert-OH is 1. The van der Waals surface area contributed by atoms with Crippen molar-refractivity contribution in [1.82, 2.24) is 0 Å². The number of hydrogen-bond acceptors (Lipinski definition) is 2. The Morgan fingerprint density at radius 3 is 2.88 bits per heavy atom. The first kappa shape index (κ1) is 11.8. The average Bonchev–Trinajstić information content (AvgIpc) is 2.27. The summed E-state index contributed by atoms with van der Waals surface area (Å²) < 4.78 is 0. The van der Waals surface area contributed by atoms with E-state index in [0.717, 1.165) is 37.7 Å². The van der Waals surface area contributed by atoms with E-state index in [1.54, 1.807) is 6.92 Å². The van der Waals surface area contributed by atoms with Gasteiger partial charge in [-0.15, -0.1) is 0 Å². The molecule has 16 heavy (non-hydrogen) atoms. The molecule has 2 aliphatic rings. The lowest BCUT2D eigenvalue weighted by Crippen LogP contribution is -2.23. The molecule has 0 amide bonds.